The van der Waals surface area contributed by atoms with Gasteiger partial charge in [0, 0.05) is 25.9 Å². The average Bonchev–Trinajstić information content (AvgIpc) is 3.09. The third-order valence-electron chi connectivity index (χ3n) is 4.40. The maximum Gasteiger partial charge on any atom is 0.260 e. The summed E-state index contributed by atoms with van der Waals surface area (Å²) in [7, 11) is 0. The summed E-state index contributed by atoms with van der Waals surface area (Å²) in [6.45, 7) is 3.41. The zero-order chi connectivity index (χ0) is 16.0. The first-order valence-corrected chi connectivity index (χ1v) is 7.91. The van der Waals surface area contributed by atoms with Crippen LogP contribution in [0.15, 0.2) is 10.6 Å². The second-order valence-electron chi connectivity index (χ2n) is 5.97. The molecular formula is C16H18N4O3. The molecule has 7 heteroatoms. The van der Waals surface area contributed by atoms with Gasteiger partial charge in [0.2, 0.25) is 0 Å². The molecule has 4 rings (SSSR count). The summed E-state index contributed by atoms with van der Waals surface area (Å²) < 4.78 is 7.48. The highest BCUT2D eigenvalue weighted by Crippen LogP contribution is 2.31. The first-order chi connectivity index (χ1) is 11.1. The predicted molar refractivity (Wildman–Crippen MR) is 84.0 cm³/mol. The van der Waals surface area contributed by atoms with Gasteiger partial charge >= 0.3 is 0 Å². The molecule has 7 nitrogen and oxygen atoms in total. The highest BCUT2D eigenvalue weighted by atomic mass is 16.3. The zero-order valence-corrected chi connectivity index (χ0v) is 12.9. The number of aromatic nitrogens is 2. The minimum Gasteiger partial charge on any atom is -0.465 e. The third kappa shape index (κ3) is 2.23. The minimum absolute atomic E-state index is 0.0107. The Bertz CT molecular complexity index is 803. The molecular weight excluding hydrogens is 296 g/mol. The maximum absolute atomic E-state index is 12.7. The molecule has 1 amide bonds. The molecule has 1 aliphatic carbocycles. The van der Waals surface area contributed by atoms with Crippen molar-refractivity contribution in [2.45, 2.75) is 39.2 Å². The third-order valence-corrected chi connectivity index (χ3v) is 4.40. The van der Waals surface area contributed by atoms with Crippen molar-refractivity contribution in [1.29, 1.82) is 0 Å². The first kappa shape index (κ1) is 14.0. The van der Waals surface area contributed by atoms with Crippen molar-refractivity contribution < 1.29 is 14.0 Å². The quantitative estimate of drug-likeness (QED) is 0.888. The van der Waals surface area contributed by atoms with Crippen LogP contribution in [0.4, 0.5) is 11.5 Å². The Morgan fingerprint density at radius 1 is 1.39 bits per heavy atom. The summed E-state index contributed by atoms with van der Waals surface area (Å²) >= 11 is 0. The van der Waals surface area contributed by atoms with Gasteiger partial charge in [0.1, 0.15) is 23.0 Å². The number of carbonyl (C=O) groups excluding carboxylic acids is 2. The molecule has 2 aromatic rings. The SMILES string of the molecule is Cc1oc2c(c1C(=O)Nc1cnn3c1NCCC3)C(=O)CCC2. The van der Waals surface area contributed by atoms with Crippen molar-refractivity contribution in [2.24, 2.45) is 0 Å². The summed E-state index contributed by atoms with van der Waals surface area (Å²) in [6.07, 6.45) is 4.60. The maximum atomic E-state index is 12.7. The van der Waals surface area contributed by atoms with Gasteiger partial charge in [-0.2, -0.15) is 5.10 Å². The van der Waals surface area contributed by atoms with Crippen LogP contribution in [0.5, 0.6) is 0 Å². The molecule has 0 aromatic carbocycles. The molecule has 0 fully saturated rings. The Kier molecular flexibility index (Phi) is 3.21. The topological polar surface area (TPSA) is 89.2 Å². The number of fused-ring (bicyclic) bond motifs is 2. The number of hydrogen-bond acceptors (Lipinski definition) is 5. The molecule has 1 aliphatic heterocycles. The molecule has 0 spiro atoms. The molecule has 3 heterocycles. The smallest absolute Gasteiger partial charge is 0.260 e. The van der Waals surface area contributed by atoms with Crippen LogP contribution in [-0.2, 0) is 13.0 Å². The fourth-order valence-corrected chi connectivity index (χ4v) is 3.33. The van der Waals surface area contributed by atoms with Crippen LogP contribution in [0, 0.1) is 6.92 Å². The molecule has 0 saturated carbocycles. The Balaban J connectivity index is 1.67. The fraction of sp³-hybridized carbons (Fsp3) is 0.438. The van der Waals surface area contributed by atoms with Crippen molar-refractivity contribution in [3.05, 3.63) is 28.8 Å². The number of anilines is 2. The summed E-state index contributed by atoms with van der Waals surface area (Å²) in [4.78, 5) is 24.9. The number of aryl methyl sites for hydroxylation is 3. The number of ketones is 1. The Morgan fingerprint density at radius 3 is 3.13 bits per heavy atom. The van der Waals surface area contributed by atoms with Gasteiger partial charge < -0.3 is 15.1 Å². The number of rotatable bonds is 2. The van der Waals surface area contributed by atoms with Crippen molar-refractivity contribution in [1.82, 2.24) is 9.78 Å². The van der Waals surface area contributed by atoms with Crippen molar-refractivity contribution >= 4 is 23.2 Å². The van der Waals surface area contributed by atoms with Crippen LogP contribution >= 0.6 is 0 Å². The van der Waals surface area contributed by atoms with E-state index in [2.05, 4.69) is 15.7 Å². The molecule has 0 unspecified atom stereocenters. The van der Waals surface area contributed by atoms with Gasteiger partial charge in [-0.15, -0.1) is 0 Å². The Hall–Kier alpha value is -2.57. The zero-order valence-electron chi connectivity index (χ0n) is 12.9. The molecule has 23 heavy (non-hydrogen) atoms. The van der Waals surface area contributed by atoms with Crippen LogP contribution in [0.1, 0.15) is 51.5 Å². The van der Waals surface area contributed by atoms with Gasteiger partial charge in [0.05, 0.1) is 17.3 Å². The van der Waals surface area contributed by atoms with E-state index in [1.54, 1.807) is 13.1 Å². The Morgan fingerprint density at radius 2 is 2.26 bits per heavy atom. The highest BCUT2D eigenvalue weighted by molar-refractivity contribution is 6.14. The number of carbonyl (C=O) groups is 2. The van der Waals surface area contributed by atoms with E-state index in [1.807, 2.05) is 4.68 Å². The molecule has 0 atom stereocenters. The number of nitrogens with zero attached hydrogens (tertiary/aromatic N) is 2. The lowest BCUT2D eigenvalue weighted by Crippen LogP contribution is -2.21. The predicted octanol–water partition coefficient (Wildman–Crippen LogP) is 2.37. The van der Waals surface area contributed by atoms with Gasteiger partial charge in [0.15, 0.2) is 5.78 Å². The van der Waals surface area contributed by atoms with E-state index < -0.39 is 0 Å². The van der Waals surface area contributed by atoms with Crippen LogP contribution in [0.3, 0.4) is 0 Å². The monoisotopic (exact) mass is 314 g/mol. The average molecular weight is 314 g/mol. The van der Waals surface area contributed by atoms with E-state index in [0.717, 1.165) is 31.7 Å². The van der Waals surface area contributed by atoms with Crippen LogP contribution in [0.2, 0.25) is 0 Å². The van der Waals surface area contributed by atoms with Gasteiger partial charge in [-0.25, -0.2) is 4.68 Å². The molecule has 2 N–H and O–H groups in total. The number of amides is 1. The molecule has 2 aliphatic rings. The van der Waals surface area contributed by atoms with Gasteiger partial charge in [0.25, 0.3) is 5.91 Å². The second kappa shape index (κ2) is 5.26. The summed E-state index contributed by atoms with van der Waals surface area (Å²) in [5.41, 5.74) is 1.45. The minimum atomic E-state index is -0.314. The van der Waals surface area contributed by atoms with Gasteiger partial charge in [-0.05, 0) is 19.8 Å². The summed E-state index contributed by atoms with van der Waals surface area (Å²) in [6, 6.07) is 0. The van der Waals surface area contributed by atoms with Gasteiger partial charge in [-0.3, -0.25) is 9.59 Å². The van der Waals surface area contributed by atoms with E-state index in [4.69, 9.17) is 4.42 Å². The van der Waals surface area contributed by atoms with Crippen LogP contribution < -0.4 is 10.6 Å². The lowest BCUT2D eigenvalue weighted by molar-refractivity contribution is 0.0955. The summed E-state index contributed by atoms with van der Waals surface area (Å²) in [5.74, 6) is 1.62. The van der Waals surface area contributed by atoms with Crippen LogP contribution in [-0.4, -0.2) is 28.0 Å². The van der Waals surface area contributed by atoms with E-state index in [1.165, 1.54) is 0 Å². The number of furan rings is 1. The highest BCUT2D eigenvalue weighted by Gasteiger charge is 2.31. The second-order valence-corrected chi connectivity index (χ2v) is 5.97. The molecule has 0 saturated heterocycles. The van der Waals surface area contributed by atoms with Crippen molar-refractivity contribution in [3.8, 4) is 0 Å². The lowest BCUT2D eigenvalue weighted by atomic mass is 9.93. The number of Topliss-reactive ketones (excluding diaryl/α,β-unsaturated/α-hetero) is 1. The lowest BCUT2D eigenvalue weighted by Gasteiger charge is -2.17. The van der Waals surface area contributed by atoms with E-state index >= 15 is 0 Å². The largest absolute Gasteiger partial charge is 0.465 e. The first-order valence-electron chi connectivity index (χ1n) is 7.91. The van der Waals surface area contributed by atoms with E-state index in [0.29, 0.717) is 41.2 Å². The normalized spacial score (nSPS) is 16.5. The van der Waals surface area contributed by atoms with Crippen molar-refractivity contribution in [2.75, 3.05) is 17.2 Å². The summed E-state index contributed by atoms with van der Waals surface area (Å²) in [5, 5.41) is 10.4. The van der Waals surface area contributed by atoms with E-state index in [-0.39, 0.29) is 11.7 Å². The number of nitrogens with one attached hydrogen (secondary N) is 2. The molecule has 2 aromatic heterocycles. The van der Waals surface area contributed by atoms with E-state index in [9.17, 15) is 9.59 Å². The molecule has 0 bridgehead atoms. The fourth-order valence-electron chi connectivity index (χ4n) is 3.33. The molecule has 120 valence electrons. The Labute approximate surface area is 133 Å². The van der Waals surface area contributed by atoms with Gasteiger partial charge in [-0.1, -0.05) is 0 Å². The number of hydrogen-bond donors (Lipinski definition) is 2. The standard InChI is InChI=1S/C16H18N4O3/c1-9-13(14-11(21)4-2-5-12(14)23-9)16(22)19-10-8-18-20-7-3-6-17-15(10)20/h8,17H,2-7H2,1H3,(H,19,22). The van der Waals surface area contributed by atoms with Crippen LogP contribution in [0.25, 0.3) is 0 Å². The van der Waals surface area contributed by atoms with Crippen molar-refractivity contribution in [3.63, 3.8) is 0 Å². The molecule has 0 radical (unpaired) electrons.